The highest BCUT2D eigenvalue weighted by Gasteiger charge is 2.17. The van der Waals surface area contributed by atoms with Crippen molar-refractivity contribution in [3.8, 4) is 45.6 Å². The predicted octanol–water partition coefficient (Wildman–Crippen LogP) is 2.15. The Balaban J connectivity index is 1.75. The largest absolute Gasteiger partial charge is 0.493 e. The van der Waals surface area contributed by atoms with Gasteiger partial charge in [-0.25, -0.2) is 9.36 Å². The number of rotatable bonds is 6. The van der Waals surface area contributed by atoms with Gasteiger partial charge in [-0.1, -0.05) is 29.5 Å². The molecule has 0 bridgehead atoms. The van der Waals surface area contributed by atoms with Crippen LogP contribution in [0, 0.1) is 0 Å². The Labute approximate surface area is 166 Å². The summed E-state index contributed by atoms with van der Waals surface area (Å²) in [4.78, 5) is 0. The fourth-order valence-electron chi connectivity index (χ4n) is 3.08. The van der Waals surface area contributed by atoms with Gasteiger partial charge in [-0.2, -0.15) is 0 Å². The maximum atomic E-state index is 5.44. The molecule has 29 heavy (non-hydrogen) atoms. The number of ether oxygens (including phenoxy) is 3. The highest BCUT2D eigenvalue weighted by atomic mass is 16.5. The van der Waals surface area contributed by atoms with E-state index in [1.807, 2.05) is 36.4 Å². The van der Waals surface area contributed by atoms with Gasteiger partial charge in [0.1, 0.15) is 0 Å². The van der Waals surface area contributed by atoms with Crippen LogP contribution in [0.2, 0.25) is 0 Å². The first-order valence-electron chi connectivity index (χ1n) is 8.70. The molecule has 0 spiro atoms. The van der Waals surface area contributed by atoms with E-state index in [2.05, 4.69) is 25.8 Å². The van der Waals surface area contributed by atoms with Crippen molar-refractivity contribution in [2.75, 3.05) is 21.3 Å². The SMILES string of the molecule is COc1cc(-n2nncc2-c2ccc(-c3nnnn3C)cc2)cc(OC)c1OC. The van der Waals surface area contributed by atoms with E-state index in [0.29, 0.717) is 23.1 Å². The van der Waals surface area contributed by atoms with Crippen LogP contribution in [-0.4, -0.2) is 56.5 Å². The lowest BCUT2D eigenvalue weighted by Crippen LogP contribution is -2.03. The molecule has 0 saturated heterocycles. The van der Waals surface area contributed by atoms with Crippen LogP contribution in [0.3, 0.4) is 0 Å². The molecule has 10 nitrogen and oxygen atoms in total. The van der Waals surface area contributed by atoms with Crippen LogP contribution in [0.4, 0.5) is 0 Å². The van der Waals surface area contributed by atoms with E-state index >= 15 is 0 Å². The van der Waals surface area contributed by atoms with Crippen molar-refractivity contribution in [3.05, 3.63) is 42.6 Å². The molecule has 4 rings (SSSR count). The zero-order chi connectivity index (χ0) is 20.4. The lowest BCUT2D eigenvalue weighted by molar-refractivity contribution is 0.324. The van der Waals surface area contributed by atoms with Crippen molar-refractivity contribution in [2.45, 2.75) is 0 Å². The topological polar surface area (TPSA) is 102 Å². The highest BCUT2D eigenvalue weighted by Crippen LogP contribution is 2.39. The normalized spacial score (nSPS) is 10.8. The minimum atomic E-state index is 0.516. The second-order valence-corrected chi connectivity index (χ2v) is 6.12. The molecule has 0 aliphatic rings. The number of hydrogen-bond donors (Lipinski definition) is 0. The quantitative estimate of drug-likeness (QED) is 0.491. The van der Waals surface area contributed by atoms with Crippen LogP contribution < -0.4 is 14.2 Å². The first-order valence-corrected chi connectivity index (χ1v) is 8.70. The Bertz CT molecular complexity index is 1110. The van der Waals surface area contributed by atoms with Gasteiger partial charge in [0.25, 0.3) is 0 Å². The average Bonchev–Trinajstić information content (AvgIpc) is 3.42. The van der Waals surface area contributed by atoms with Gasteiger partial charge in [0.2, 0.25) is 5.75 Å². The van der Waals surface area contributed by atoms with Crippen LogP contribution in [0.15, 0.2) is 42.6 Å². The summed E-state index contributed by atoms with van der Waals surface area (Å²) in [6.07, 6.45) is 1.70. The van der Waals surface area contributed by atoms with E-state index in [0.717, 1.165) is 22.5 Å². The Kier molecular flexibility index (Phi) is 4.82. The molecule has 0 atom stereocenters. The molecule has 0 saturated carbocycles. The highest BCUT2D eigenvalue weighted by molar-refractivity contribution is 5.67. The lowest BCUT2D eigenvalue weighted by Gasteiger charge is -2.15. The third kappa shape index (κ3) is 3.24. The van der Waals surface area contributed by atoms with Crippen LogP contribution in [0.25, 0.3) is 28.3 Å². The second kappa shape index (κ2) is 7.58. The summed E-state index contributed by atoms with van der Waals surface area (Å²) >= 11 is 0. The molecule has 2 aromatic heterocycles. The smallest absolute Gasteiger partial charge is 0.203 e. The first-order chi connectivity index (χ1) is 14.2. The molecule has 0 amide bonds. The van der Waals surface area contributed by atoms with Crippen LogP contribution >= 0.6 is 0 Å². The molecular weight excluding hydrogens is 374 g/mol. The standard InChI is InChI=1S/C19H19N7O3/c1-25-19(21-22-24-25)13-7-5-12(6-8-13)15-11-20-23-26(15)14-9-16(27-2)18(29-4)17(10-14)28-3/h5-11H,1-4H3. The van der Waals surface area contributed by atoms with Crippen molar-refractivity contribution in [1.82, 2.24) is 35.2 Å². The van der Waals surface area contributed by atoms with E-state index in [4.69, 9.17) is 14.2 Å². The first kappa shape index (κ1) is 18.4. The van der Waals surface area contributed by atoms with E-state index in [9.17, 15) is 0 Å². The van der Waals surface area contributed by atoms with Gasteiger partial charge in [-0.05, 0) is 10.4 Å². The zero-order valence-corrected chi connectivity index (χ0v) is 16.4. The molecule has 4 aromatic rings. The average molecular weight is 393 g/mol. The summed E-state index contributed by atoms with van der Waals surface area (Å²) in [5.74, 6) is 2.27. The number of benzene rings is 2. The van der Waals surface area contributed by atoms with Crippen LogP contribution in [0.5, 0.6) is 17.2 Å². The van der Waals surface area contributed by atoms with E-state index in [1.54, 1.807) is 43.9 Å². The Hall–Kier alpha value is -3.95. The van der Waals surface area contributed by atoms with E-state index in [-0.39, 0.29) is 0 Å². The summed E-state index contributed by atoms with van der Waals surface area (Å²) in [5, 5.41) is 19.9. The van der Waals surface area contributed by atoms with Crippen LogP contribution in [0.1, 0.15) is 0 Å². The summed E-state index contributed by atoms with van der Waals surface area (Å²) in [7, 11) is 6.51. The molecule has 148 valence electrons. The maximum absolute atomic E-state index is 5.44. The van der Waals surface area contributed by atoms with Gasteiger partial charge >= 0.3 is 0 Å². The number of hydrogen-bond acceptors (Lipinski definition) is 8. The van der Waals surface area contributed by atoms with Gasteiger partial charge < -0.3 is 14.2 Å². The van der Waals surface area contributed by atoms with Crippen molar-refractivity contribution < 1.29 is 14.2 Å². The van der Waals surface area contributed by atoms with Gasteiger partial charge in [0.05, 0.1) is 38.9 Å². The zero-order valence-electron chi connectivity index (χ0n) is 16.4. The van der Waals surface area contributed by atoms with Gasteiger partial charge in [-0.15, -0.1) is 10.2 Å². The number of methoxy groups -OCH3 is 3. The van der Waals surface area contributed by atoms with Crippen LogP contribution in [-0.2, 0) is 7.05 Å². The summed E-state index contributed by atoms with van der Waals surface area (Å²) in [5.41, 5.74) is 3.38. The van der Waals surface area contributed by atoms with Crippen molar-refractivity contribution in [3.63, 3.8) is 0 Å². The molecule has 0 N–H and O–H groups in total. The molecular formula is C19H19N7O3. The van der Waals surface area contributed by atoms with Gasteiger partial charge in [0, 0.05) is 30.3 Å². The van der Waals surface area contributed by atoms with E-state index in [1.165, 1.54) is 0 Å². The fraction of sp³-hybridized carbons (Fsp3) is 0.211. The number of aromatic nitrogens is 7. The minimum Gasteiger partial charge on any atom is -0.493 e. The fourth-order valence-corrected chi connectivity index (χ4v) is 3.08. The summed E-state index contributed by atoms with van der Waals surface area (Å²) < 4.78 is 19.6. The van der Waals surface area contributed by atoms with Gasteiger partial charge in [0.15, 0.2) is 17.3 Å². The summed E-state index contributed by atoms with van der Waals surface area (Å²) in [6.45, 7) is 0. The van der Waals surface area contributed by atoms with E-state index < -0.39 is 0 Å². The number of nitrogens with zero attached hydrogens (tertiary/aromatic N) is 7. The monoisotopic (exact) mass is 393 g/mol. The molecule has 2 aromatic carbocycles. The molecule has 2 heterocycles. The Morgan fingerprint density at radius 3 is 2.03 bits per heavy atom. The third-order valence-corrected chi connectivity index (χ3v) is 4.50. The number of aryl methyl sites for hydroxylation is 1. The predicted molar refractivity (Wildman–Crippen MR) is 104 cm³/mol. The molecule has 0 radical (unpaired) electrons. The van der Waals surface area contributed by atoms with Crippen molar-refractivity contribution in [2.24, 2.45) is 7.05 Å². The molecule has 0 aliphatic heterocycles. The lowest BCUT2D eigenvalue weighted by atomic mass is 10.1. The van der Waals surface area contributed by atoms with Gasteiger partial charge in [-0.3, -0.25) is 0 Å². The second-order valence-electron chi connectivity index (χ2n) is 6.12. The molecule has 0 unspecified atom stereocenters. The molecule has 10 heteroatoms. The molecule has 0 aliphatic carbocycles. The minimum absolute atomic E-state index is 0.516. The van der Waals surface area contributed by atoms with Crippen molar-refractivity contribution >= 4 is 0 Å². The molecule has 0 fully saturated rings. The Morgan fingerprint density at radius 2 is 1.48 bits per heavy atom. The number of tetrazole rings is 1. The Morgan fingerprint density at radius 1 is 0.828 bits per heavy atom. The third-order valence-electron chi connectivity index (χ3n) is 4.50. The van der Waals surface area contributed by atoms with Crippen molar-refractivity contribution in [1.29, 1.82) is 0 Å². The summed E-state index contributed by atoms with van der Waals surface area (Å²) in [6, 6.07) is 11.5. The maximum Gasteiger partial charge on any atom is 0.203 e.